The number of nitro groups is 1. The second-order valence-electron chi connectivity index (χ2n) is 4.09. The summed E-state index contributed by atoms with van der Waals surface area (Å²) < 4.78 is 0. The Bertz CT molecular complexity index is 601. The number of nitrogens with zero attached hydrogens (tertiary/aromatic N) is 2. The number of aliphatic hydroxyl groups excluding tert-OH is 2. The molecule has 0 saturated carbocycles. The molecule has 1 aromatic carbocycles. The predicted octanol–water partition coefficient (Wildman–Crippen LogP) is 1.65. The third-order valence-corrected chi connectivity index (χ3v) is 3.30. The maximum Gasteiger partial charge on any atom is 0.270 e. The van der Waals surface area contributed by atoms with Crippen LogP contribution in [0.2, 0.25) is 0 Å². The second kappa shape index (κ2) is 5.64. The summed E-state index contributed by atoms with van der Waals surface area (Å²) in [6.07, 6.45) is -1.77. The molecule has 0 aliphatic carbocycles. The van der Waals surface area contributed by atoms with Crippen LogP contribution in [-0.2, 0) is 0 Å². The third kappa shape index (κ3) is 2.75. The summed E-state index contributed by atoms with van der Waals surface area (Å²) in [5.74, 6) is 0. The first-order valence-corrected chi connectivity index (χ1v) is 6.71. The number of benzene rings is 1. The molecule has 0 aliphatic heterocycles. The number of aliphatic hydroxyl groups is 2. The lowest BCUT2D eigenvalue weighted by atomic mass is 10.0. The topological polar surface area (TPSA) is 112 Å². The Kier molecular flexibility index (Phi) is 4.13. The van der Waals surface area contributed by atoms with Crippen LogP contribution in [0.5, 0.6) is 0 Å². The Morgan fingerprint density at radius 1 is 1.47 bits per heavy atom. The first kappa shape index (κ1) is 13.9. The van der Waals surface area contributed by atoms with E-state index in [4.69, 9.17) is 0 Å². The van der Waals surface area contributed by atoms with E-state index in [0.29, 0.717) is 22.7 Å². The van der Waals surface area contributed by atoms with Crippen molar-refractivity contribution in [3.05, 3.63) is 34.0 Å². The minimum Gasteiger partial charge on any atom is -0.390 e. The lowest BCUT2D eigenvalue weighted by Gasteiger charge is -2.15. The number of aromatic nitrogens is 2. The Morgan fingerprint density at radius 2 is 2.21 bits per heavy atom. The molecule has 2 aromatic rings. The summed E-state index contributed by atoms with van der Waals surface area (Å²) in [6, 6.07) is 4.17. The van der Waals surface area contributed by atoms with Gasteiger partial charge in [-0.2, -0.15) is 5.10 Å². The summed E-state index contributed by atoms with van der Waals surface area (Å²) in [6.45, 7) is 0. The molecule has 1 heterocycles. The van der Waals surface area contributed by atoms with Crippen LogP contribution in [0.1, 0.15) is 18.2 Å². The van der Waals surface area contributed by atoms with E-state index in [9.17, 15) is 20.3 Å². The van der Waals surface area contributed by atoms with Gasteiger partial charge in [0, 0.05) is 22.8 Å². The highest BCUT2D eigenvalue weighted by molar-refractivity contribution is 9.09. The van der Waals surface area contributed by atoms with Gasteiger partial charge >= 0.3 is 0 Å². The van der Waals surface area contributed by atoms with Crippen molar-refractivity contribution in [1.29, 1.82) is 0 Å². The van der Waals surface area contributed by atoms with Gasteiger partial charge in [-0.1, -0.05) is 15.9 Å². The van der Waals surface area contributed by atoms with E-state index < -0.39 is 17.1 Å². The number of nitro benzene ring substituents is 1. The van der Waals surface area contributed by atoms with Crippen molar-refractivity contribution in [2.24, 2.45) is 0 Å². The van der Waals surface area contributed by atoms with E-state index >= 15 is 0 Å². The molecule has 19 heavy (non-hydrogen) atoms. The van der Waals surface area contributed by atoms with E-state index in [0.717, 1.165) is 0 Å². The molecule has 0 bridgehead atoms. The summed E-state index contributed by atoms with van der Waals surface area (Å²) in [7, 11) is 0. The van der Waals surface area contributed by atoms with Gasteiger partial charge in [0.1, 0.15) is 6.10 Å². The average molecular weight is 330 g/mol. The van der Waals surface area contributed by atoms with Gasteiger partial charge in [-0.25, -0.2) is 0 Å². The number of halogens is 1. The molecule has 2 atom stereocenters. The average Bonchev–Trinajstić information content (AvgIpc) is 2.80. The first-order chi connectivity index (χ1) is 9.04. The van der Waals surface area contributed by atoms with Crippen LogP contribution >= 0.6 is 15.9 Å². The monoisotopic (exact) mass is 329 g/mol. The van der Waals surface area contributed by atoms with Crippen LogP contribution in [0.4, 0.5) is 5.69 Å². The van der Waals surface area contributed by atoms with E-state index in [1.54, 1.807) is 0 Å². The van der Waals surface area contributed by atoms with Crippen LogP contribution in [0, 0.1) is 10.1 Å². The Hall–Kier alpha value is -1.51. The Morgan fingerprint density at radius 3 is 2.84 bits per heavy atom. The summed E-state index contributed by atoms with van der Waals surface area (Å²) in [5.41, 5.74) is 0.704. The number of aromatic amines is 1. The minimum absolute atomic E-state index is 0.0858. The highest BCUT2D eigenvalue weighted by Gasteiger charge is 2.23. The fraction of sp³-hybridized carbons (Fsp3) is 0.364. The first-order valence-electron chi connectivity index (χ1n) is 5.59. The van der Waals surface area contributed by atoms with Crippen LogP contribution in [0.3, 0.4) is 0 Å². The standard InChI is InChI=1S/C11H12BrN3O4/c12-4-3-9(16)11(17)10-7-5-6(15(18)19)1-2-8(7)13-14-10/h1-2,5,9,11,16-17H,3-4H2,(H,13,14). The SMILES string of the molecule is O=[N+]([O-])c1ccc2n[nH]c(C(O)C(O)CCBr)c2c1. The molecule has 2 unspecified atom stereocenters. The van der Waals surface area contributed by atoms with Gasteiger partial charge in [0.2, 0.25) is 0 Å². The summed E-state index contributed by atoms with van der Waals surface area (Å²) >= 11 is 3.18. The van der Waals surface area contributed by atoms with E-state index in [1.165, 1.54) is 18.2 Å². The molecule has 7 nitrogen and oxygen atoms in total. The van der Waals surface area contributed by atoms with Gasteiger partial charge < -0.3 is 10.2 Å². The fourth-order valence-corrected chi connectivity index (χ4v) is 2.29. The van der Waals surface area contributed by atoms with Gasteiger partial charge in [-0.3, -0.25) is 15.2 Å². The summed E-state index contributed by atoms with van der Waals surface area (Å²) in [4.78, 5) is 10.2. The van der Waals surface area contributed by atoms with E-state index in [-0.39, 0.29) is 11.4 Å². The highest BCUT2D eigenvalue weighted by atomic mass is 79.9. The van der Waals surface area contributed by atoms with Crippen LogP contribution in [-0.4, -0.2) is 36.8 Å². The molecule has 0 aliphatic rings. The number of hydrogen-bond acceptors (Lipinski definition) is 5. The molecule has 0 saturated heterocycles. The minimum atomic E-state index is -1.16. The molecule has 0 radical (unpaired) electrons. The quantitative estimate of drug-likeness (QED) is 0.438. The maximum atomic E-state index is 10.7. The number of hydrogen-bond donors (Lipinski definition) is 3. The smallest absolute Gasteiger partial charge is 0.270 e. The van der Waals surface area contributed by atoms with Gasteiger partial charge in [0.15, 0.2) is 0 Å². The molecule has 3 N–H and O–H groups in total. The molecule has 0 fully saturated rings. The molecule has 2 rings (SSSR count). The van der Waals surface area contributed by atoms with Crippen molar-refractivity contribution in [3.63, 3.8) is 0 Å². The number of non-ortho nitro benzene ring substituents is 1. The largest absolute Gasteiger partial charge is 0.390 e. The van der Waals surface area contributed by atoms with Crippen molar-refractivity contribution >= 4 is 32.5 Å². The molecular formula is C11H12BrN3O4. The van der Waals surface area contributed by atoms with Gasteiger partial charge in [-0.05, 0) is 12.5 Å². The van der Waals surface area contributed by atoms with Crippen molar-refractivity contribution in [2.75, 3.05) is 5.33 Å². The zero-order valence-corrected chi connectivity index (χ0v) is 11.4. The van der Waals surface area contributed by atoms with E-state index in [1.807, 2.05) is 0 Å². The van der Waals surface area contributed by atoms with Crippen LogP contribution in [0.25, 0.3) is 10.9 Å². The van der Waals surface area contributed by atoms with E-state index in [2.05, 4.69) is 26.1 Å². The maximum absolute atomic E-state index is 10.7. The Balaban J connectivity index is 2.43. The number of alkyl halides is 1. The van der Waals surface area contributed by atoms with Crippen molar-refractivity contribution in [2.45, 2.75) is 18.6 Å². The van der Waals surface area contributed by atoms with Crippen molar-refractivity contribution in [3.8, 4) is 0 Å². The number of fused-ring (bicyclic) bond motifs is 1. The zero-order valence-electron chi connectivity index (χ0n) is 9.78. The molecule has 0 spiro atoms. The Labute approximate surface area is 116 Å². The number of H-pyrrole nitrogens is 1. The van der Waals surface area contributed by atoms with Crippen LogP contribution in [0.15, 0.2) is 18.2 Å². The van der Waals surface area contributed by atoms with Gasteiger partial charge in [-0.15, -0.1) is 0 Å². The van der Waals surface area contributed by atoms with Gasteiger partial charge in [0.25, 0.3) is 5.69 Å². The number of nitrogens with one attached hydrogen (secondary N) is 1. The summed E-state index contributed by atoms with van der Waals surface area (Å²) in [5, 5.41) is 38.1. The van der Waals surface area contributed by atoms with Gasteiger partial charge in [0.05, 0.1) is 22.2 Å². The second-order valence-corrected chi connectivity index (χ2v) is 4.88. The lowest BCUT2D eigenvalue weighted by Crippen LogP contribution is -2.19. The zero-order chi connectivity index (χ0) is 14.0. The normalized spacial score (nSPS) is 14.5. The van der Waals surface area contributed by atoms with Crippen molar-refractivity contribution < 1.29 is 15.1 Å². The predicted molar refractivity (Wildman–Crippen MR) is 72.1 cm³/mol. The highest BCUT2D eigenvalue weighted by Crippen LogP contribution is 2.28. The molecule has 1 aromatic heterocycles. The fourth-order valence-electron chi connectivity index (χ4n) is 1.82. The molecule has 102 valence electrons. The molecule has 0 amide bonds. The third-order valence-electron chi connectivity index (χ3n) is 2.84. The van der Waals surface area contributed by atoms with Crippen molar-refractivity contribution in [1.82, 2.24) is 10.2 Å². The lowest BCUT2D eigenvalue weighted by molar-refractivity contribution is -0.384. The molecule has 8 heteroatoms. The molecular weight excluding hydrogens is 318 g/mol. The number of rotatable bonds is 5. The van der Waals surface area contributed by atoms with Crippen LogP contribution < -0.4 is 0 Å².